The van der Waals surface area contributed by atoms with Crippen molar-refractivity contribution in [2.24, 2.45) is 0 Å². The Morgan fingerprint density at radius 3 is 2.86 bits per heavy atom. The minimum absolute atomic E-state index is 0.242. The van der Waals surface area contributed by atoms with Crippen molar-refractivity contribution in [1.29, 1.82) is 0 Å². The topological polar surface area (TPSA) is 79.8 Å². The van der Waals surface area contributed by atoms with Gasteiger partial charge in [-0.2, -0.15) is 0 Å². The third-order valence-electron chi connectivity index (χ3n) is 2.95. The van der Waals surface area contributed by atoms with Crippen molar-refractivity contribution in [1.82, 2.24) is 14.5 Å². The fraction of sp³-hybridized carbons (Fsp3) is 0. The second kappa shape index (κ2) is 5.46. The molecule has 6 nitrogen and oxygen atoms in total. The van der Waals surface area contributed by atoms with Gasteiger partial charge < -0.3 is 14.9 Å². The Morgan fingerprint density at radius 1 is 1.24 bits per heavy atom. The number of amides is 1. The number of pyridine rings is 1. The predicted molar refractivity (Wildman–Crippen MR) is 78.6 cm³/mol. The van der Waals surface area contributed by atoms with Crippen LogP contribution in [0.25, 0.3) is 5.69 Å². The first-order chi connectivity index (χ1) is 10.2. The van der Waals surface area contributed by atoms with Gasteiger partial charge >= 0.3 is 0 Å². The predicted octanol–water partition coefficient (Wildman–Crippen LogP) is 1.81. The first-order valence-electron chi connectivity index (χ1n) is 6.31. The van der Waals surface area contributed by atoms with Crippen molar-refractivity contribution >= 4 is 11.6 Å². The molecular weight excluding hydrogens is 268 g/mol. The third-order valence-corrected chi connectivity index (χ3v) is 2.95. The van der Waals surface area contributed by atoms with Crippen molar-refractivity contribution in [2.45, 2.75) is 0 Å². The zero-order chi connectivity index (χ0) is 14.7. The first kappa shape index (κ1) is 12.9. The highest BCUT2D eigenvalue weighted by atomic mass is 16.1. The van der Waals surface area contributed by atoms with Crippen molar-refractivity contribution in [3.8, 4) is 5.69 Å². The molecule has 0 saturated carbocycles. The summed E-state index contributed by atoms with van der Waals surface area (Å²) in [5.41, 5.74) is 1.71. The number of nitrogens with one attached hydrogen (secondary N) is 2. The molecule has 6 heteroatoms. The summed E-state index contributed by atoms with van der Waals surface area (Å²) in [4.78, 5) is 29.5. The number of benzene rings is 1. The number of hydrogen-bond acceptors (Lipinski definition) is 3. The number of carbonyl (C=O) groups is 1. The quantitative estimate of drug-likeness (QED) is 0.768. The van der Waals surface area contributed by atoms with Crippen molar-refractivity contribution in [3.05, 3.63) is 77.2 Å². The van der Waals surface area contributed by atoms with Crippen LogP contribution in [-0.2, 0) is 0 Å². The number of carbonyl (C=O) groups excluding carboxylic acids is 1. The highest BCUT2D eigenvalue weighted by Gasteiger charge is 2.06. The van der Waals surface area contributed by atoms with Crippen LogP contribution in [0.3, 0.4) is 0 Å². The summed E-state index contributed by atoms with van der Waals surface area (Å²) in [6.45, 7) is 0. The Labute approximate surface area is 120 Å². The summed E-state index contributed by atoms with van der Waals surface area (Å²) in [5.74, 6) is -0.283. The minimum atomic E-state index is -0.283. The number of hydrogen-bond donors (Lipinski definition) is 2. The Bertz CT molecular complexity index is 801. The smallest absolute Gasteiger partial charge is 0.257 e. The van der Waals surface area contributed by atoms with Gasteiger partial charge in [-0.15, -0.1) is 0 Å². The van der Waals surface area contributed by atoms with Crippen LogP contribution in [0.2, 0.25) is 0 Å². The largest absolute Gasteiger partial charge is 0.328 e. The van der Waals surface area contributed by atoms with E-state index >= 15 is 0 Å². The standard InChI is InChI=1S/C15H12N4O2/c20-14-5-4-11(9-17-14)15(21)18-12-2-1-3-13(8-12)19-7-6-16-10-19/h1-10H,(H,17,20)(H,18,21). The Morgan fingerprint density at radius 2 is 2.14 bits per heavy atom. The molecule has 0 radical (unpaired) electrons. The number of nitrogens with zero attached hydrogens (tertiary/aromatic N) is 2. The maximum atomic E-state index is 12.1. The molecule has 21 heavy (non-hydrogen) atoms. The van der Waals surface area contributed by atoms with Crippen LogP contribution >= 0.6 is 0 Å². The van der Waals surface area contributed by atoms with Crippen molar-refractivity contribution < 1.29 is 4.79 Å². The van der Waals surface area contributed by atoms with E-state index < -0.39 is 0 Å². The average molecular weight is 280 g/mol. The van der Waals surface area contributed by atoms with E-state index in [9.17, 15) is 9.59 Å². The van der Waals surface area contributed by atoms with Gasteiger partial charge in [0, 0.05) is 36.0 Å². The van der Waals surface area contributed by atoms with E-state index in [-0.39, 0.29) is 11.5 Å². The molecule has 0 aliphatic heterocycles. The van der Waals surface area contributed by atoms with Crippen LogP contribution in [0.15, 0.2) is 66.1 Å². The molecule has 0 bridgehead atoms. The maximum absolute atomic E-state index is 12.1. The van der Waals surface area contributed by atoms with Gasteiger partial charge in [0.05, 0.1) is 11.9 Å². The summed E-state index contributed by atoms with van der Waals surface area (Å²) in [7, 11) is 0. The second-order valence-electron chi connectivity index (χ2n) is 4.42. The third kappa shape index (κ3) is 2.89. The lowest BCUT2D eigenvalue weighted by Gasteiger charge is -2.07. The monoisotopic (exact) mass is 280 g/mol. The van der Waals surface area contributed by atoms with E-state index in [2.05, 4.69) is 15.3 Å². The van der Waals surface area contributed by atoms with E-state index in [0.29, 0.717) is 11.3 Å². The molecule has 1 aromatic carbocycles. The van der Waals surface area contributed by atoms with Crippen molar-refractivity contribution in [3.63, 3.8) is 0 Å². The molecule has 0 aliphatic rings. The average Bonchev–Trinajstić information content (AvgIpc) is 3.02. The molecule has 0 atom stereocenters. The number of aromatic amines is 1. The fourth-order valence-corrected chi connectivity index (χ4v) is 1.91. The highest BCUT2D eigenvalue weighted by molar-refractivity contribution is 6.04. The number of H-pyrrole nitrogens is 1. The van der Waals surface area contributed by atoms with E-state index in [1.807, 2.05) is 29.0 Å². The molecule has 1 amide bonds. The van der Waals surface area contributed by atoms with E-state index in [4.69, 9.17) is 0 Å². The molecule has 0 unspecified atom stereocenters. The van der Waals surface area contributed by atoms with Gasteiger partial charge in [0.1, 0.15) is 0 Å². The molecule has 0 fully saturated rings. The fourth-order valence-electron chi connectivity index (χ4n) is 1.91. The summed E-state index contributed by atoms with van der Waals surface area (Å²) in [5, 5.41) is 2.79. The van der Waals surface area contributed by atoms with Gasteiger partial charge in [-0.25, -0.2) is 4.98 Å². The molecule has 0 saturated heterocycles. The molecule has 2 aromatic heterocycles. The van der Waals surface area contributed by atoms with E-state index in [1.54, 1.807) is 18.6 Å². The zero-order valence-corrected chi connectivity index (χ0v) is 11.0. The molecule has 0 spiro atoms. The molecular formula is C15H12N4O2. The van der Waals surface area contributed by atoms with Gasteiger partial charge in [0.2, 0.25) is 5.56 Å². The zero-order valence-electron chi connectivity index (χ0n) is 11.0. The molecule has 0 aliphatic carbocycles. The van der Waals surface area contributed by atoms with Crippen LogP contribution < -0.4 is 10.9 Å². The van der Waals surface area contributed by atoms with Gasteiger partial charge in [0.15, 0.2) is 0 Å². The number of rotatable bonds is 3. The van der Waals surface area contributed by atoms with Gasteiger partial charge in [-0.3, -0.25) is 9.59 Å². The molecule has 104 valence electrons. The van der Waals surface area contributed by atoms with E-state index in [0.717, 1.165) is 5.69 Å². The molecule has 3 aromatic rings. The Balaban J connectivity index is 1.82. The molecule has 3 rings (SSSR count). The maximum Gasteiger partial charge on any atom is 0.257 e. The summed E-state index contributed by atoms with van der Waals surface area (Å²) in [6, 6.07) is 10.2. The second-order valence-corrected chi connectivity index (χ2v) is 4.42. The lowest BCUT2D eigenvalue weighted by Crippen LogP contribution is -2.14. The summed E-state index contributed by atoms with van der Waals surface area (Å²) in [6.07, 6.45) is 6.58. The highest BCUT2D eigenvalue weighted by Crippen LogP contribution is 2.15. The lowest BCUT2D eigenvalue weighted by molar-refractivity contribution is 0.102. The van der Waals surface area contributed by atoms with Crippen LogP contribution in [0.5, 0.6) is 0 Å². The first-order valence-corrected chi connectivity index (χ1v) is 6.31. The number of imidazole rings is 1. The SMILES string of the molecule is O=C(Nc1cccc(-n2ccnc2)c1)c1ccc(=O)[nH]c1. The van der Waals surface area contributed by atoms with E-state index in [1.165, 1.54) is 18.3 Å². The molecule has 2 N–H and O–H groups in total. The lowest BCUT2D eigenvalue weighted by atomic mass is 10.2. The number of anilines is 1. The summed E-state index contributed by atoms with van der Waals surface area (Å²) < 4.78 is 1.84. The molecule has 2 heterocycles. The Kier molecular flexibility index (Phi) is 3.34. The van der Waals surface area contributed by atoms with Crippen molar-refractivity contribution in [2.75, 3.05) is 5.32 Å². The van der Waals surface area contributed by atoms with Crippen LogP contribution in [0.4, 0.5) is 5.69 Å². The van der Waals surface area contributed by atoms with Crippen LogP contribution in [0.1, 0.15) is 10.4 Å². The normalized spacial score (nSPS) is 10.3. The Hall–Kier alpha value is -3.15. The summed E-state index contributed by atoms with van der Waals surface area (Å²) >= 11 is 0. The van der Waals surface area contributed by atoms with Gasteiger partial charge in [-0.05, 0) is 24.3 Å². The van der Waals surface area contributed by atoms with Crippen LogP contribution in [-0.4, -0.2) is 20.4 Å². The minimum Gasteiger partial charge on any atom is -0.328 e. The number of aromatic nitrogens is 3. The van der Waals surface area contributed by atoms with Gasteiger partial charge in [0.25, 0.3) is 5.91 Å². The van der Waals surface area contributed by atoms with Crippen LogP contribution in [0, 0.1) is 0 Å². The van der Waals surface area contributed by atoms with Gasteiger partial charge in [-0.1, -0.05) is 6.07 Å².